The SMILES string of the molecule is CC(C)(C)OC(=O)c1ccc(N2CCOCC2)cc1N. The van der Waals surface area contributed by atoms with Crippen LogP contribution in [0.2, 0.25) is 0 Å². The average Bonchev–Trinajstić information content (AvgIpc) is 2.37. The van der Waals surface area contributed by atoms with E-state index in [2.05, 4.69) is 4.90 Å². The van der Waals surface area contributed by atoms with Crippen molar-refractivity contribution in [2.75, 3.05) is 36.9 Å². The van der Waals surface area contributed by atoms with E-state index in [4.69, 9.17) is 15.2 Å². The van der Waals surface area contributed by atoms with Crippen LogP contribution in [0.4, 0.5) is 11.4 Å². The van der Waals surface area contributed by atoms with Gasteiger partial charge in [0.15, 0.2) is 0 Å². The lowest BCUT2D eigenvalue weighted by Crippen LogP contribution is -2.36. The van der Waals surface area contributed by atoms with Gasteiger partial charge in [0.25, 0.3) is 0 Å². The Morgan fingerprint density at radius 1 is 1.30 bits per heavy atom. The van der Waals surface area contributed by atoms with Crippen molar-refractivity contribution in [1.29, 1.82) is 0 Å². The van der Waals surface area contributed by atoms with Crippen molar-refractivity contribution in [3.05, 3.63) is 23.8 Å². The number of nitrogens with zero attached hydrogens (tertiary/aromatic N) is 1. The first-order valence-electron chi connectivity index (χ1n) is 6.82. The van der Waals surface area contributed by atoms with Gasteiger partial charge in [0.05, 0.1) is 18.8 Å². The Bertz CT molecular complexity index is 488. The van der Waals surface area contributed by atoms with Gasteiger partial charge in [0.1, 0.15) is 5.60 Å². The summed E-state index contributed by atoms with van der Waals surface area (Å²) >= 11 is 0. The molecular weight excluding hydrogens is 256 g/mol. The second kappa shape index (κ2) is 5.71. The Labute approximate surface area is 119 Å². The molecule has 1 saturated heterocycles. The number of ether oxygens (including phenoxy) is 2. The normalized spacial score (nSPS) is 16.1. The Balaban J connectivity index is 2.15. The van der Waals surface area contributed by atoms with Crippen LogP contribution in [0.3, 0.4) is 0 Å². The van der Waals surface area contributed by atoms with Crippen LogP contribution in [0.15, 0.2) is 18.2 Å². The van der Waals surface area contributed by atoms with Crippen LogP contribution in [-0.4, -0.2) is 37.9 Å². The highest BCUT2D eigenvalue weighted by Gasteiger charge is 2.20. The van der Waals surface area contributed by atoms with Crippen LogP contribution < -0.4 is 10.6 Å². The number of morpholine rings is 1. The van der Waals surface area contributed by atoms with Crippen LogP contribution in [-0.2, 0) is 9.47 Å². The molecule has 0 amide bonds. The summed E-state index contributed by atoms with van der Waals surface area (Å²) in [7, 11) is 0. The lowest BCUT2D eigenvalue weighted by atomic mass is 10.1. The average molecular weight is 278 g/mol. The van der Waals surface area contributed by atoms with Gasteiger partial charge in [-0.3, -0.25) is 0 Å². The van der Waals surface area contributed by atoms with E-state index in [0.717, 1.165) is 18.8 Å². The molecule has 0 bridgehead atoms. The highest BCUT2D eigenvalue weighted by atomic mass is 16.6. The summed E-state index contributed by atoms with van der Waals surface area (Å²) in [6, 6.07) is 5.46. The summed E-state index contributed by atoms with van der Waals surface area (Å²) in [6.45, 7) is 8.62. The van der Waals surface area contributed by atoms with Crippen LogP contribution in [0.1, 0.15) is 31.1 Å². The second-order valence-corrected chi connectivity index (χ2v) is 5.87. The first-order valence-corrected chi connectivity index (χ1v) is 6.82. The number of carbonyl (C=O) groups excluding carboxylic acids is 1. The zero-order valence-electron chi connectivity index (χ0n) is 12.3. The predicted octanol–water partition coefficient (Wildman–Crippen LogP) is 2.06. The second-order valence-electron chi connectivity index (χ2n) is 5.87. The fourth-order valence-corrected chi connectivity index (χ4v) is 2.09. The minimum absolute atomic E-state index is 0.386. The molecule has 1 aliphatic rings. The summed E-state index contributed by atoms with van der Waals surface area (Å²) < 4.78 is 10.7. The number of nitrogen functional groups attached to an aromatic ring is 1. The van der Waals surface area contributed by atoms with E-state index in [1.807, 2.05) is 32.9 Å². The van der Waals surface area contributed by atoms with Crippen LogP contribution in [0, 0.1) is 0 Å². The van der Waals surface area contributed by atoms with Crippen molar-refractivity contribution in [2.24, 2.45) is 0 Å². The molecular formula is C15H22N2O3. The molecule has 5 heteroatoms. The molecule has 1 aromatic carbocycles. The Kier molecular flexibility index (Phi) is 4.18. The van der Waals surface area contributed by atoms with E-state index in [0.29, 0.717) is 24.5 Å². The van der Waals surface area contributed by atoms with Crippen LogP contribution in [0.25, 0.3) is 0 Å². The standard InChI is InChI=1S/C15H22N2O3/c1-15(2,3)20-14(18)12-5-4-11(10-13(12)16)17-6-8-19-9-7-17/h4-5,10H,6-9,16H2,1-3H3. The molecule has 1 aromatic rings. The topological polar surface area (TPSA) is 64.8 Å². The van der Waals surface area contributed by atoms with Gasteiger partial charge in [-0.05, 0) is 39.0 Å². The fraction of sp³-hybridized carbons (Fsp3) is 0.533. The summed E-state index contributed by atoms with van der Waals surface area (Å²) in [5.74, 6) is -0.386. The van der Waals surface area contributed by atoms with Gasteiger partial charge in [0, 0.05) is 24.5 Å². The number of carbonyl (C=O) groups is 1. The lowest BCUT2D eigenvalue weighted by Gasteiger charge is -2.29. The quantitative estimate of drug-likeness (QED) is 0.662. The van der Waals surface area contributed by atoms with Gasteiger partial charge in [-0.1, -0.05) is 0 Å². The Hall–Kier alpha value is -1.75. The van der Waals surface area contributed by atoms with Gasteiger partial charge < -0.3 is 20.1 Å². The lowest BCUT2D eigenvalue weighted by molar-refractivity contribution is 0.00708. The molecule has 0 saturated carbocycles. The molecule has 1 aliphatic heterocycles. The third-order valence-electron chi connectivity index (χ3n) is 3.03. The van der Waals surface area contributed by atoms with E-state index in [9.17, 15) is 4.79 Å². The third kappa shape index (κ3) is 3.63. The van der Waals surface area contributed by atoms with E-state index < -0.39 is 5.60 Å². The predicted molar refractivity (Wildman–Crippen MR) is 79.1 cm³/mol. The van der Waals surface area contributed by atoms with E-state index in [1.54, 1.807) is 6.07 Å². The first kappa shape index (κ1) is 14.7. The van der Waals surface area contributed by atoms with Gasteiger partial charge in [-0.15, -0.1) is 0 Å². The molecule has 2 N–H and O–H groups in total. The molecule has 0 unspecified atom stereocenters. The van der Waals surface area contributed by atoms with Crippen molar-refractivity contribution in [1.82, 2.24) is 0 Å². The highest BCUT2D eigenvalue weighted by molar-refractivity contribution is 5.96. The fourth-order valence-electron chi connectivity index (χ4n) is 2.09. The Morgan fingerprint density at radius 2 is 1.95 bits per heavy atom. The maximum atomic E-state index is 12.0. The van der Waals surface area contributed by atoms with E-state index in [-0.39, 0.29) is 5.97 Å². The van der Waals surface area contributed by atoms with Crippen LogP contribution in [0.5, 0.6) is 0 Å². The molecule has 2 rings (SSSR count). The summed E-state index contributed by atoms with van der Waals surface area (Å²) in [5.41, 5.74) is 7.34. The molecule has 1 heterocycles. The van der Waals surface area contributed by atoms with Gasteiger partial charge in [-0.25, -0.2) is 4.79 Å². The molecule has 1 fully saturated rings. The van der Waals surface area contributed by atoms with E-state index in [1.165, 1.54) is 0 Å². The van der Waals surface area contributed by atoms with Crippen LogP contribution >= 0.6 is 0 Å². The monoisotopic (exact) mass is 278 g/mol. The molecule has 0 atom stereocenters. The molecule has 0 radical (unpaired) electrons. The number of rotatable bonds is 2. The third-order valence-corrected chi connectivity index (χ3v) is 3.03. The smallest absolute Gasteiger partial charge is 0.340 e. The number of benzene rings is 1. The summed E-state index contributed by atoms with van der Waals surface area (Å²) in [6.07, 6.45) is 0. The molecule has 0 spiro atoms. The first-order chi connectivity index (χ1) is 9.37. The largest absolute Gasteiger partial charge is 0.456 e. The zero-order valence-corrected chi connectivity index (χ0v) is 12.3. The number of nitrogens with two attached hydrogens (primary N) is 1. The minimum atomic E-state index is -0.521. The maximum absolute atomic E-state index is 12.0. The zero-order chi connectivity index (χ0) is 14.8. The number of hydrogen-bond acceptors (Lipinski definition) is 5. The number of anilines is 2. The minimum Gasteiger partial charge on any atom is -0.456 e. The van der Waals surface area contributed by atoms with E-state index >= 15 is 0 Å². The molecule has 20 heavy (non-hydrogen) atoms. The summed E-state index contributed by atoms with van der Waals surface area (Å²) in [4.78, 5) is 14.2. The van der Waals surface area contributed by atoms with Crippen molar-refractivity contribution >= 4 is 17.3 Å². The molecule has 110 valence electrons. The van der Waals surface area contributed by atoms with Crippen molar-refractivity contribution in [3.8, 4) is 0 Å². The molecule has 5 nitrogen and oxygen atoms in total. The van der Waals surface area contributed by atoms with Gasteiger partial charge in [0.2, 0.25) is 0 Å². The van der Waals surface area contributed by atoms with Gasteiger partial charge >= 0.3 is 5.97 Å². The molecule has 0 aromatic heterocycles. The van der Waals surface area contributed by atoms with Crippen molar-refractivity contribution in [2.45, 2.75) is 26.4 Å². The highest BCUT2D eigenvalue weighted by Crippen LogP contribution is 2.24. The maximum Gasteiger partial charge on any atom is 0.340 e. The van der Waals surface area contributed by atoms with Crippen molar-refractivity contribution in [3.63, 3.8) is 0 Å². The number of hydrogen-bond donors (Lipinski definition) is 1. The molecule has 0 aliphatic carbocycles. The summed E-state index contributed by atoms with van der Waals surface area (Å²) in [5, 5.41) is 0. The van der Waals surface area contributed by atoms with Crippen molar-refractivity contribution < 1.29 is 14.3 Å². The number of esters is 1. The van der Waals surface area contributed by atoms with Gasteiger partial charge in [-0.2, -0.15) is 0 Å². The Morgan fingerprint density at radius 3 is 2.50 bits per heavy atom.